The molecular weight excluding hydrogens is 320 g/mol. The Morgan fingerprint density at radius 1 is 1.12 bits per heavy atom. The molecule has 2 aromatic rings. The van der Waals surface area contributed by atoms with Gasteiger partial charge in [0.05, 0.1) is 25.2 Å². The monoisotopic (exact) mass is 344 g/mol. The number of aromatic nitrogens is 1. The molecule has 3 rings (SSSR count). The van der Waals surface area contributed by atoms with E-state index in [1.54, 1.807) is 32.5 Å². The van der Waals surface area contributed by atoms with Gasteiger partial charge in [0.15, 0.2) is 11.5 Å². The first-order chi connectivity index (χ1) is 12.0. The van der Waals surface area contributed by atoms with Crippen molar-refractivity contribution in [2.45, 2.75) is 32.2 Å². The molecule has 0 bridgehead atoms. The van der Waals surface area contributed by atoms with Crippen molar-refractivity contribution in [2.75, 3.05) is 20.8 Å². The lowest BCUT2D eigenvalue weighted by Crippen LogP contribution is -2.42. The Balaban J connectivity index is 2.22. The van der Waals surface area contributed by atoms with Crippen molar-refractivity contribution < 1.29 is 14.3 Å². The zero-order valence-corrected chi connectivity index (χ0v) is 15.2. The van der Waals surface area contributed by atoms with E-state index in [2.05, 4.69) is 6.92 Å². The standard InChI is InChI=1S/C19H24N2O4/c1-12-7-5-6-8-21(12)19(23)15-11-20(2)18(22)14-10-17(25-4)16(24-3)9-13(14)15/h9-12H,5-8H2,1-4H3. The Hall–Kier alpha value is -2.50. The molecule has 0 aliphatic carbocycles. The normalized spacial score (nSPS) is 17.6. The van der Waals surface area contributed by atoms with Crippen LogP contribution in [-0.4, -0.2) is 42.2 Å². The number of pyridine rings is 1. The zero-order valence-electron chi connectivity index (χ0n) is 15.2. The molecule has 1 atom stereocenters. The lowest BCUT2D eigenvalue weighted by atomic mass is 10.0. The lowest BCUT2D eigenvalue weighted by molar-refractivity contribution is 0.0637. The number of methoxy groups -OCH3 is 2. The summed E-state index contributed by atoms with van der Waals surface area (Å²) in [6, 6.07) is 3.57. The van der Waals surface area contributed by atoms with E-state index in [-0.39, 0.29) is 17.5 Å². The van der Waals surface area contributed by atoms with E-state index in [0.717, 1.165) is 25.8 Å². The number of rotatable bonds is 3. The van der Waals surface area contributed by atoms with Gasteiger partial charge in [0.2, 0.25) is 0 Å². The number of amides is 1. The van der Waals surface area contributed by atoms with E-state index in [9.17, 15) is 9.59 Å². The van der Waals surface area contributed by atoms with E-state index in [4.69, 9.17) is 9.47 Å². The molecule has 1 aliphatic rings. The highest BCUT2D eigenvalue weighted by atomic mass is 16.5. The maximum Gasteiger partial charge on any atom is 0.258 e. The molecule has 6 heteroatoms. The SMILES string of the molecule is COc1cc2c(C(=O)N3CCCCC3C)cn(C)c(=O)c2cc1OC. The van der Waals surface area contributed by atoms with Crippen LogP contribution in [0.1, 0.15) is 36.5 Å². The largest absolute Gasteiger partial charge is 0.493 e. The van der Waals surface area contributed by atoms with Crippen molar-refractivity contribution in [3.63, 3.8) is 0 Å². The van der Waals surface area contributed by atoms with Crippen LogP contribution in [0.4, 0.5) is 0 Å². The molecule has 134 valence electrons. The molecule has 1 aromatic carbocycles. The quantitative estimate of drug-likeness (QED) is 0.859. The van der Waals surface area contributed by atoms with Gasteiger partial charge in [-0.05, 0) is 38.3 Å². The number of carbonyl (C=O) groups excluding carboxylic acids is 1. The second-order valence-electron chi connectivity index (χ2n) is 6.55. The molecular formula is C19H24N2O4. The minimum absolute atomic E-state index is 0.0416. The Bertz CT molecular complexity index is 872. The van der Waals surface area contributed by atoms with E-state index in [1.807, 2.05) is 4.90 Å². The van der Waals surface area contributed by atoms with Crippen LogP contribution in [0.3, 0.4) is 0 Å². The maximum absolute atomic E-state index is 13.2. The van der Waals surface area contributed by atoms with Crippen molar-refractivity contribution in [2.24, 2.45) is 7.05 Å². The Kier molecular flexibility index (Phi) is 4.70. The molecule has 1 aliphatic heterocycles. The topological polar surface area (TPSA) is 60.8 Å². The highest BCUT2D eigenvalue weighted by Crippen LogP contribution is 2.33. The fourth-order valence-corrected chi connectivity index (χ4v) is 3.52. The lowest BCUT2D eigenvalue weighted by Gasteiger charge is -2.33. The Morgan fingerprint density at radius 2 is 1.76 bits per heavy atom. The van der Waals surface area contributed by atoms with Crippen LogP contribution in [0.15, 0.2) is 23.1 Å². The van der Waals surface area contributed by atoms with Gasteiger partial charge in [0.1, 0.15) is 0 Å². The Morgan fingerprint density at radius 3 is 2.36 bits per heavy atom. The molecule has 25 heavy (non-hydrogen) atoms. The number of likely N-dealkylation sites (tertiary alicyclic amines) is 1. The summed E-state index contributed by atoms with van der Waals surface area (Å²) in [5, 5.41) is 1.05. The highest BCUT2D eigenvalue weighted by Gasteiger charge is 2.27. The summed E-state index contributed by atoms with van der Waals surface area (Å²) in [6.45, 7) is 2.82. The van der Waals surface area contributed by atoms with Crippen LogP contribution >= 0.6 is 0 Å². The third-order valence-corrected chi connectivity index (χ3v) is 4.98. The third-order valence-electron chi connectivity index (χ3n) is 4.98. The van der Waals surface area contributed by atoms with E-state index < -0.39 is 0 Å². The number of benzene rings is 1. The predicted octanol–water partition coefficient (Wildman–Crippen LogP) is 2.57. The molecule has 6 nitrogen and oxygen atoms in total. The van der Waals surface area contributed by atoms with Crippen molar-refractivity contribution in [1.82, 2.24) is 9.47 Å². The minimum Gasteiger partial charge on any atom is -0.493 e. The molecule has 1 unspecified atom stereocenters. The number of hydrogen-bond donors (Lipinski definition) is 0. The van der Waals surface area contributed by atoms with E-state index in [0.29, 0.717) is 27.8 Å². The number of ether oxygens (including phenoxy) is 2. The zero-order chi connectivity index (χ0) is 18.1. The van der Waals surface area contributed by atoms with Gasteiger partial charge in [-0.3, -0.25) is 9.59 Å². The number of hydrogen-bond acceptors (Lipinski definition) is 4. The number of piperidine rings is 1. The number of nitrogens with zero attached hydrogens (tertiary/aromatic N) is 2. The van der Waals surface area contributed by atoms with Gasteiger partial charge in [-0.25, -0.2) is 0 Å². The van der Waals surface area contributed by atoms with Crippen LogP contribution < -0.4 is 15.0 Å². The molecule has 0 N–H and O–H groups in total. The van der Waals surface area contributed by atoms with Gasteiger partial charge in [-0.2, -0.15) is 0 Å². The van der Waals surface area contributed by atoms with Crippen LogP contribution in [0.5, 0.6) is 11.5 Å². The highest BCUT2D eigenvalue weighted by molar-refractivity contribution is 6.07. The van der Waals surface area contributed by atoms with Crippen LogP contribution in [0, 0.1) is 0 Å². The van der Waals surface area contributed by atoms with Gasteiger partial charge in [0, 0.05) is 31.2 Å². The Labute approximate surface area is 146 Å². The van der Waals surface area contributed by atoms with Crippen LogP contribution in [0.2, 0.25) is 0 Å². The van der Waals surface area contributed by atoms with Gasteiger partial charge in [-0.15, -0.1) is 0 Å². The van der Waals surface area contributed by atoms with Gasteiger partial charge in [0.25, 0.3) is 11.5 Å². The molecule has 0 radical (unpaired) electrons. The summed E-state index contributed by atoms with van der Waals surface area (Å²) in [4.78, 5) is 27.6. The second-order valence-corrected chi connectivity index (χ2v) is 6.55. The summed E-state index contributed by atoms with van der Waals surface area (Å²) >= 11 is 0. The molecule has 2 heterocycles. The van der Waals surface area contributed by atoms with Crippen LogP contribution in [0.25, 0.3) is 10.8 Å². The second kappa shape index (κ2) is 6.78. The minimum atomic E-state index is -0.167. The number of aryl methyl sites for hydroxylation is 1. The molecule has 0 spiro atoms. The fourth-order valence-electron chi connectivity index (χ4n) is 3.52. The first-order valence-electron chi connectivity index (χ1n) is 8.54. The summed E-state index contributed by atoms with van der Waals surface area (Å²) < 4.78 is 12.1. The summed E-state index contributed by atoms with van der Waals surface area (Å²) in [7, 11) is 4.73. The maximum atomic E-state index is 13.2. The van der Waals surface area contributed by atoms with Crippen molar-refractivity contribution >= 4 is 16.7 Å². The average molecular weight is 344 g/mol. The van der Waals surface area contributed by atoms with Crippen LogP contribution in [-0.2, 0) is 7.05 Å². The van der Waals surface area contributed by atoms with Crippen molar-refractivity contribution in [3.8, 4) is 11.5 Å². The van der Waals surface area contributed by atoms with Gasteiger partial charge >= 0.3 is 0 Å². The van der Waals surface area contributed by atoms with E-state index in [1.165, 1.54) is 11.7 Å². The summed E-state index contributed by atoms with van der Waals surface area (Å²) in [6.07, 6.45) is 4.79. The van der Waals surface area contributed by atoms with Gasteiger partial charge < -0.3 is 18.9 Å². The molecule has 1 saturated heterocycles. The molecule has 1 amide bonds. The summed E-state index contributed by atoms with van der Waals surface area (Å²) in [5.74, 6) is 0.937. The van der Waals surface area contributed by atoms with Crippen molar-refractivity contribution in [3.05, 3.63) is 34.2 Å². The smallest absolute Gasteiger partial charge is 0.258 e. The molecule has 1 fully saturated rings. The number of carbonyl (C=O) groups is 1. The molecule has 0 saturated carbocycles. The summed E-state index contributed by atoms with van der Waals surface area (Å²) in [5.41, 5.74) is 0.353. The van der Waals surface area contributed by atoms with E-state index >= 15 is 0 Å². The van der Waals surface area contributed by atoms with Gasteiger partial charge in [-0.1, -0.05) is 0 Å². The van der Waals surface area contributed by atoms with Crippen molar-refractivity contribution in [1.29, 1.82) is 0 Å². The predicted molar refractivity (Wildman–Crippen MR) is 96.6 cm³/mol. The first-order valence-corrected chi connectivity index (χ1v) is 8.54. The number of fused-ring (bicyclic) bond motifs is 1. The first kappa shape index (κ1) is 17.3. The third kappa shape index (κ3) is 2.97. The molecule has 1 aromatic heterocycles. The fraction of sp³-hybridized carbons (Fsp3) is 0.474. The average Bonchev–Trinajstić information content (AvgIpc) is 2.63.